The van der Waals surface area contributed by atoms with E-state index in [0.29, 0.717) is 22.9 Å². The quantitative estimate of drug-likeness (QED) is 0.626. The summed E-state index contributed by atoms with van der Waals surface area (Å²) in [5.74, 6) is 0.989. The molecule has 0 saturated carbocycles. The number of pyridine rings is 1. The number of anilines is 3. The Morgan fingerprint density at radius 2 is 1.69 bits per heavy atom. The van der Waals surface area contributed by atoms with Gasteiger partial charge in [-0.05, 0) is 55.8 Å². The maximum Gasteiger partial charge on any atom is 0.264 e. The summed E-state index contributed by atoms with van der Waals surface area (Å²) in [6, 6.07) is 17.2. The van der Waals surface area contributed by atoms with E-state index in [0.717, 1.165) is 17.9 Å². The second-order valence-electron chi connectivity index (χ2n) is 6.48. The second kappa shape index (κ2) is 9.10. The summed E-state index contributed by atoms with van der Waals surface area (Å²) in [6.45, 7) is 4.96. The topological polar surface area (TPSA) is 63.7 Å². The molecule has 1 heterocycles. The summed E-state index contributed by atoms with van der Waals surface area (Å²) < 4.78 is 10.6. The first-order chi connectivity index (χ1) is 14.1. The van der Waals surface area contributed by atoms with E-state index in [4.69, 9.17) is 9.47 Å². The van der Waals surface area contributed by atoms with Gasteiger partial charge in [0.05, 0.1) is 26.1 Å². The molecule has 3 aromatic rings. The average Bonchev–Trinajstić information content (AvgIpc) is 2.74. The third-order valence-electron chi connectivity index (χ3n) is 4.59. The van der Waals surface area contributed by atoms with Gasteiger partial charge in [-0.15, -0.1) is 0 Å². The van der Waals surface area contributed by atoms with Crippen molar-refractivity contribution < 1.29 is 14.3 Å². The summed E-state index contributed by atoms with van der Waals surface area (Å²) in [6.07, 6.45) is 1.75. The first-order valence-corrected chi connectivity index (χ1v) is 9.40. The smallest absolute Gasteiger partial charge is 0.264 e. The lowest BCUT2D eigenvalue weighted by Crippen LogP contribution is -2.18. The molecule has 1 amide bonds. The monoisotopic (exact) mass is 391 g/mol. The highest BCUT2D eigenvalue weighted by Gasteiger charge is 2.19. The standard InChI is InChI=1S/C23H25N3O3/c1-5-26(17-9-6-8-16(2)14-17)18-12-13-21(24-15-18)25-23(27)22-19(28-3)10-7-11-20(22)29-4/h6-15H,5H2,1-4H3,(H,24,25,27). The van der Waals surface area contributed by atoms with Crippen LogP contribution in [0.3, 0.4) is 0 Å². The van der Waals surface area contributed by atoms with Crippen LogP contribution in [0.1, 0.15) is 22.8 Å². The summed E-state index contributed by atoms with van der Waals surface area (Å²) in [5, 5.41) is 2.81. The van der Waals surface area contributed by atoms with Crippen LogP contribution < -0.4 is 19.7 Å². The molecular formula is C23H25N3O3. The molecule has 0 saturated heterocycles. The number of hydrogen-bond donors (Lipinski definition) is 1. The molecule has 29 heavy (non-hydrogen) atoms. The lowest BCUT2D eigenvalue weighted by molar-refractivity contribution is 0.102. The fourth-order valence-electron chi connectivity index (χ4n) is 3.18. The molecule has 150 valence electrons. The second-order valence-corrected chi connectivity index (χ2v) is 6.48. The highest BCUT2D eigenvalue weighted by Crippen LogP contribution is 2.29. The van der Waals surface area contributed by atoms with E-state index in [9.17, 15) is 4.79 Å². The molecule has 0 unspecified atom stereocenters. The van der Waals surface area contributed by atoms with Crippen molar-refractivity contribution >= 4 is 23.1 Å². The number of nitrogens with one attached hydrogen (secondary N) is 1. The van der Waals surface area contributed by atoms with Crippen LogP contribution >= 0.6 is 0 Å². The normalized spacial score (nSPS) is 10.3. The summed E-state index contributed by atoms with van der Waals surface area (Å²) in [7, 11) is 3.03. The Labute approximate surface area is 171 Å². The maximum absolute atomic E-state index is 12.8. The van der Waals surface area contributed by atoms with E-state index in [1.54, 1.807) is 30.5 Å². The van der Waals surface area contributed by atoms with Crippen LogP contribution in [0.15, 0.2) is 60.8 Å². The van der Waals surface area contributed by atoms with Gasteiger partial charge >= 0.3 is 0 Å². The molecule has 0 atom stereocenters. The SMILES string of the molecule is CCN(c1ccc(NC(=O)c2c(OC)cccc2OC)nc1)c1cccc(C)c1. The molecule has 0 aliphatic heterocycles. The lowest BCUT2D eigenvalue weighted by Gasteiger charge is -2.23. The zero-order valence-electron chi connectivity index (χ0n) is 17.1. The fraction of sp³-hybridized carbons (Fsp3) is 0.217. The number of hydrogen-bond acceptors (Lipinski definition) is 5. The largest absolute Gasteiger partial charge is 0.496 e. The molecule has 3 rings (SSSR count). The van der Waals surface area contributed by atoms with Crippen LogP contribution in [-0.2, 0) is 0 Å². The van der Waals surface area contributed by atoms with Crippen LogP contribution in [-0.4, -0.2) is 31.7 Å². The number of aryl methyl sites for hydroxylation is 1. The van der Waals surface area contributed by atoms with Crippen molar-refractivity contribution in [2.75, 3.05) is 31.0 Å². The molecule has 2 aromatic carbocycles. The molecule has 6 heteroatoms. The van der Waals surface area contributed by atoms with Crippen molar-refractivity contribution in [2.24, 2.45) is 0 Å². The third-order valence-corrected chi connectivity index (χ3v) is 4.59. The first-order valence-electron chi connectivity index (χ1n) is 9.40. The van der Waals surface area contributed by atoms with E-state index in [1.807, 2.05) is 12.1 Å². The highest BCUT2D eigenvalue weighted by molar-refractivity contribution is 6.07. The van der Waals surface area contributed by atoms with E-state index in [1.165, 1.54) is 19.8 Å². The van der Waals surface area contributed by atoms with Crippen molar-refractivity contribution in [1.82, 2.24) is 4.98 Å². The Morgan fingerprint density at radius 3 is 2.24 bits per heavy atom. The first kappa shape index (κ1) is 20.2. The van der Waals surface area contributed by atoms with E-state index in [2.05, 4.69) is 47.2 Å². The number of methoxy groups -OCH3 is 2. The van der Waals surface area contributed by atoms with Crippen molar-refractivity contribution in [3.8, 4) is 11.5 Å². The van der Waals surface area contributed by atoms with Gasteiger partial charge in [0.25, 0.3) is 5.91 Å². The van der Waals surface area contributed by atoms with Gasteiger partial charge in [-0.1, -0.05) is 18.2 Å². The van der Waals surface area contributed by atoms with Crippen LogP contribution in [0.5, 0.6) is 11.5 Å². The average molecular weight is 391 g/mol. The molecule has 0 radical (unpaired) electrons. The van der Waals surface area contributed by atoms with E-state index in [-0.39, 0.29) is 5.91 Å². The van der Waals surface area contributed by atoms with Gasteiger partial charge in [-0.2, -0.15) is 0 Å². The summed E-state index contributed by atoms with van der Waals surface area (Å²) >= 11 is 0. The number of carbonyl (C=O) groups excluding carboxylic acids is 1. The van der Waals surface area contributed by atoms with Crippen LogP contribution in [0, 0.1) is 6.92 Å². The number of amides is 1. The zero-order chi connectivity index (χ0) is 20.8. The predicted molar refractivity (Wildman–Crippen MR) is 116 cm³/mol. The van der Waals surface area contributed by atoms with E-state index >= 15 is 0 Å². The maximum atomic E-state index is 12.8. The van der Waals surface area contributed by atoms with Crippen molar-refractivity contribution in [1.29, 1.82) is 0 Å². The minimum absolute atomic E-state index is 0.332. The molecule has 0 aliphatic carbocycles. The summed E-state index contributed by atoms with van der Waals surface area (Å²) in [4.78, 5) is 19.4. The van der Waals surface area contributed by atoms with Gasteiger partial charge in [-0.25, -0.2) is 4.98 Å². The van der Waals surface area contributed by atoms with Crippen molar-refractivity contribution in [3.63, 3.8) is 0 Å². The van der Waals surface area contributed by atoms with Crippen LogP contribution in [0.25, 0.3) is 0 Å². The predicted octanol–water partition coefficient (Wildman–Crippen LogP) is 4.82. The summed E-state index contributed by atoms with van der Waals surface area (Å²) in [5.41, 5.74) is 3.58. The Kier molecular flexibility index (Phi) is 6.34. The molecule has 6 nitrogen and oxygen atoms in total. The number of carbonyl (C=O) groups is 1. The third kappa shape index (κ3) is 4.48. The van der Waals surface area contributed by atoms with Crippen molar-refractivity contribution in [3.05, 3.63) is 71.9 Å². The minimum Gasteiger partial charge on any atom is -0.496 e. The van der Waals surface area contributed by atoms with Gasteiger partial charge in [-0.3, -0.25) is 4.79 Å². The Bertz CT molecular complexity index is 965. The van der Waals surface area contributed by atoms with Gasteiger partial charge in [0.1, 0.15) is 22.9 Å². The van der Waals surface area contributed by atoms with Crippen LogP contribution in [0.2, 0.25) is 0 Å². The molecule has 0 bridgehead atoms. The number of benzene rings is 2. The fourth-order valence-corrected chi connectivity index (χ4v) is 3.18. The highest BCUT2D eigenvalue weighted by atomic mass is 16.5. The van der Waals surface area contributed by atoms with Gasteiger partial charge < -0.3 is 19.7 Å². The molecular weight excluding hydrogens is 366 g/mol. The number of ether oxygens (including phenoxy) is 2. The van der Waals surface area contributed by atoms with Gasteiger partial charge in [0, 0.05) is 12.2 Å². The van der Waals surface area contributed by atoms with E-state index < -0.39 is 0 Å². The zero-order valence-corrected chi connectivity index (χ0v) is 17.1. The molecule has 0 fully saturated rings. The Morgan fingerprint density at radius 1 is 1.00 bits per heavy atom. The molecule has 0 spiro atoms. The number of rotatable bonds is 7. The molecule has 1 N–H and O–H groups in total. The molecule has 1 aromatic heterocycles. The number of aromatic nitrogens is 1. The minimum atomic E-state index is -0.342. The van der Waals surface area contributed by atoms with Crippen molar-refractivity contribution in [2.45, 2.75) is 13.8 Å². The van der Waals surface area contributed by atoms with Gasteiger partial charge in [0.2, 0.25) is 0 Å². The van der Waals surface area contributed by atoms with Crippen LogP contribution in [0.4, 0.5) is 17.2 Å². The Hall–Kier alpha value is -3.54. The molecule has 0 aliphatic rings. The number of nitrogens with zero attached hydrogens (tertiary/aromatic N) is 2. The lowest BCUT2D eigenvalue weighted by atomic mass is 10.1. The Balaban J connectivity index is 1.81. The van der Waals surface area contributed by atoms with Gasteiger partial charge in [0.15, 0.2) is 0 Å².